The monoisotopic (exact) mass is 250 g/mol. The first kappa shape index (κ1) is 14.0. The first-order chi connectivity index (χ1) is 7.89. The number of rotatable bonds is 4. The van der Waals surface area contributed by atoms with Gasteiger partial charge in [0.15, 0.2) is 5.41 Å². The molecule has 3 nitrogen and oxygen atoms in total. The Labute approximate surface area is 98.7 Å². The second kappa shape index (κ2) is 5.08. The highest BCUT2D eigenvalue weighted by Crippen LogP contribution is 2.44. The largest absolute Gasteiger partial charge is 0.404 e. The molecular formula is C11H17F3N2O. The lowest BCUT2D eigenvalue weighted by atomic mass is 9.84. The summed E-state index contributed by atoms with van der Waals surface area (Å²) in [6, 6.07) is 0. The molecule has 17 heavy (non-hydrogen) atoms. The quantitative estimate of drug-likeness (QED) is 0.768. The Morgan fingerprint density at radius 1 is 1.59 bits per heavy atom. The normalized spacial score (nSPS) is 24.7. The fourth-order valence-corrected chi connectivity index (χ4v) is 2.05. The van der Waals surface area contributed by atoms with E-state index in [1.165, 1.54) is 11.0 Å². The van der Waals surface area contributed by atoms with Crippen LogP contribution in [0, 0.1) is 5.41 Å². The molecule has 0 saturated carbocycles. The summed E-state index contributed by atoms with van der Waals surface area (Å²) in [6.07, 6.45) is -3.26. The topological polar surface area (TPSA) is 32.3 Å². The number of nitrogens with one attached hydrogen (secondary N) is 1. The van der Waals surface area contributed by atoms with Crippen LogP contribution >= 0.6 is 0 Å². The van der Waals surface area contributed by atoms with E-state index in [0.29, 0.717) is 0 Å². The zero-order chi connectivity index (χ0) is 13.1. The van der Waals surface area contributed by atoms with Gasteiger partial charge in [-0.05, 0) is 19.9 Å². The highest BCUT2D eigenvalue weighted by molar-refractivity contribution is 5.84. The van der Waals surface area contributed by atoms with Crippen LogP contribution in [0.2, 0.25) is 0 Å². The van der Waals surface area contributed by atoms with Crippen molar-refractivity contribution in [3.8, 4) is 0 Å². The minimum Gasteiger partial charge on any atom is -0.338 e. The highest BCUT2D eigenvalue weighted by Gasteiger charge is 2.62. The van der Waals surface area contributed by atoms with Gasteiger partial charge in [-0.1, -0.05) is 6.08 Å². The van der Waals surface area contributed by atoms with Crippen LogP contribution in [-0.4, -0.2) is 43.2 Å². The van der Waals surface area contributed by atoms with Crippen LogP contribution in [0.4, 0.5) is 13.2 Å². The molecule has 0 bridgehead atoms. The third-order valence-corrected chi connectivity index (χ3v) is 3.13. The van der Waals surface area contributed by atoms with Gasteiger partial charge < -0.3 is 10.2 Å². The van der Waals surface area contributed by atoms with Gasteiger partial charge in [-0.15, -0.1) is 6.58 Å². The van der Waals surface area contributed by atoms with E-state index in [0.717, 1.165) is 0 Å². The Kier molecular flexibility index (Phi) is 4.19. The molecule has 0 aromatic carbocycles. The SMILES string of the molecule is C=CCN(CC)C(=O)C1(C(F)(F)F)CCNC1. The number of nitrogens with zero attached hydrogens (tertiary/aromatic N) is 1. The standard InChI is InChI=1S/C11H17F3N2O/c1-3-7-16(4-2)9(17)10(11(12,13)14)5-6-15-8-10/h3,15H,1,4-8H2,2H3. The molecular weight excluding hydrogens is 233 g/mol. The lowest BCUT2D eigenvalue weighted by Gasteiger charge is -2.34. The number of hydrogen-bond acceptors (Lipinski definition) is 2. The molecule has 1 unspecified atom stereocenters. The molecule has 0 aromatic rings. The molecule has 1 fully saturated rings. The first-order valence-corrected chi connectivity index (χ1v) is 5.56. The molecule has 0 spiro atoms. The second-order valence-corrected chi connectivity index (χ2v) is 4.14. The summed E-state index contributed by atoms with van der Waals surface area (Å²) in [4.78, 5) is 13.2. The molecule has 1 heterocycles. The summed E-state index contributed by atoms with van der Waals surface area (Å²) in [5.41, 5.74) is -2.26. The van der Waals surface area contributed by atoms with Crippen LogP contribution in [0.1, 0.15) is 13.3 Å². The van der Waals surface area contributed by atoms with Gasteiger partial charge in [0.25, 0.3) is 0 Å². The van der Waals surface area contributed by atoms with Gasteiger partial charge in [0, 0.05) is 19.6 Å². The van der Waals surface area contributed by atoms with E-state index in [2.05, 4.69) is 11.9 Å². The van der Waals surface area contributed by atoms with Crippen molar-refractivity contribution in [3.63, 3.8) is 0 Å². The summed E-state index contributed by atoms with van der Waals surface area (Å²) in [6.45, 7) is 5.40. The summed E-state index contributed by atoms with van der Waals surface area (Å²) in [7, 11) is 0. The Morgan fingerprint density at radius 3 is 2.59 bits per heavy atom. The molecule has 0 aromatic heterocycles. The van der Waals surface area contributed by atoms with Crippen LogP contribution in [-0.2, 0) is 4.79 Å². The van der Waals surface area contributed by atoms with Crippen molar-refractivity contribution >= 4 is 5.91 Å². The molecule has 0 radical (unpaired) electrons. The van der Waals surface area contributed by atoms with E-state index in [1.54, 1.807) is 6.92 Å². The van der Waals surface area contributed by atoms with Crippen LogP contribution < -0.4 is 5.32 Å². The van der Waals surface area contributed by atoms with Gasteiger partial charge in [0.05, 0.1) is 0 Å². The van der Waals surface area contributed by atoms with E-state index in [1.807, 2.05) is 0 Å². The molecule has 1 rings (SSSR count). The lowest BCUT2D eigenvalue weighted by molar-refractivity contribution is -0.221. The van der Waals surface area contributed by atoms with E-state index in [-0.39, 0.29) is 32.6 Å². The van der Waals surface area contributed by atoms with Gasteiger partial charge in [0.1, 0.15) is 0 Å². The molecule has 1 saturated heterocycles. The molecule has 6 heteroatoms. The number of hydrogen-bond donors (Lipinski definition) is 1. The second-order valence-electron chi connectivity index (χ2n) is 4.14. The molecule has 1 amide bonds. The van der Waals surface area contributed by atoms with Gasteiger partial charge in [0.2, 0.25) is 5.91 Å². The van der Waals surface area contributed by atoms with Crippen molar-refractivity contribution in [1.29, 1.82) is 0 Å². The van der Waals surface area contributed by atoms with Crippen LogP contribution in [0.25, 0.3) is 0 Å². The molecule has 98 valence electrons. The third kappa shape index (κ3) is 2.46. The van der Waals surface area contributed by atoms with E-state index in [4.69, 9.17) is 0 Å². The van der Waals surface area contributed by atoms with Crippen LogP contribution in [0.3, 0.4) is 0 Å². The molecule has 0 aliphatic carbocycles. The third-order valence-electron chi connectivity index (χ3n) is 3.13. The van der Waals surface area contributed by atoms with Gasteiger partial charge >= 0.3 is 6.18 Å². The number of halogens is 3. The summed E-state index contributed by atoms with van der Waals surface area (Å²) in [5, 5.41) is 2.63. The van der Waals surface area contributed by atoms with Crippen molar-refractivity contribution in [1.82, 2.24) is 10.2 Å². The van der Waals surface area contributed by atoms with Crippen molar-refractivity contribution in [2.24, 2.45) is 5.41 Å². The maximum atomic E-state index is 13.1. The minimum atomic E-state index is -4.51. The number of alkyl halides is 3. The number of carbonyl (C=O) groups is 1. The smallest absolute Gasteiger partial charge is 0.338 e. The zero-order valence-electron chi connectivity index (χ0n) is 9.81. The van der Waals surface area contributed by atoms with Gasteiger partial charge in [-0.25, -0.2) is 0 Å². The summed E-state index contributed by atoms with van der Waals surface area (Å²) < 4.78 is 39.3. The number of carbonyl (C=O) groups excluding carboxylic acids is 1. The van der Waals surface area contributed by atoms with Gasteiger partial charge in [-0.2, -0.15) is 13.2 Å². The summed E-state index contributed by atoms with van der Waals surface area (Å²) in [5.74, 6) is -0.850. The Hall–Kier alpha value is -1.04. The lowest BCUT2D eigenvalue weighted by Crippen LogP contribution is -2.53. The van der Waals surface area contributed by atoms with Crippen molar-refractivity contribution in [2.45, 2.75) is 19.5 Å². The molecule has 1 aliphatic heterocycles. The fourth-order valence-electron chi connectivity index (χ4n) is 2.05. The van der Waals surface area contributed by atoms with E-state index in [9.17, 15) is 18.0 Å². The Bertz CT molecular complexity index is 296. The van der Waals surface area contributed by atoms with Crippen molar-refractivity contribution in [3.05, 3.63) is 12.7 Å². The van der Waals surface area contributed by atoms with Gasteiger partial charge in [-0.3, -0.25) is 4.79 Å². The maximum absolute atomic E-state index is 13.1. The van der Waals surface area contributed by atoms with Crippen LogP contribution in [0.15, 0.2) is 12.7 Å². The Morgan fingerprint density at radius 2 is 2.24 bits per heavy atom. The first-order valence-electron chi connectivity index (χ1n) is 5.56. The predicted octanol–water partition coefficient (Wildman–Crippen LogP) is 1.56. The molecule has 1 aliphatic rings. The maximum Gasteiger partial charge on any atom is 0.404 e. The summed E-state index contributed by atoms with van der Waals surface area (Å²) >= 11 is 0. The molecule has 1 atom stereocenters. The zero-order valence-corrected chi connectivity index (χ0v) is 9.81. The highest BCUT2D eigenvalue weighted by atomic mass is 19.4. The average molecular weight is 250 g/mol. The number of likely N-dealkylation sites (N-methyl/N-ethyl adjacent to an activating group) is 1. The van der Waals surface area contributed by atoms with Crippen LogP contribution in [0.5, 0.6) is 0 Å². The molecule has 1 N–H and O–H groups in total. The minimum absolute atomic E-state index is 0.146. The Balaban J connectivity index is 2.99. The average Bonchev–Trinajstić information content (AvgIpc) is 2.74. The van der Waals surface area contributed by atoms with Crippen molar-refractivity contribution < 1.29 is 18.0 Å². The van der Waals surface area contributed by atoms with E-state index < -0.39 is 17.5 Å². The fraction of sp³-hybridized carbons (Fsp3) is 0.727. The van der Waals surface area contributed by atoms with Crippen molar-refractivity contribution in [2.75, 3.05) is 26.2 Å². The van der Waals surface area contributed by atoms with E-state index >= 15 is 0 Å². The predicted molar refractivity (Wildman–Crippen MR) is 58.4 cm³/mol. The number of amides is 1.